The molecule has 3 saturated heterocycles. The topological polar surface area (TPSA) is 66.6 Å². The van der Waals surface area contributed by atoms with Crippen LogP contribution in [0.25, 0.3) is 10.1 Å². The molecule has 0 saturated carbocycles. The van der Waals surface area contributed by atoms with Crippen LogP contribution in [0.15, 0.2) is 60.0 Å². The predicted molar refractivity (Wildman–Crippen MR) is 123 cm³/mol. The molecule has 6 rings (SSSR count). The van der Waals surface area contributed by atoms with E-state index in [2.05, 4.69) is 4.90 Å². The van der Waals surface area contributed by atoms with Crippen LogP contribution in [0.2, 0.25) is 0 Å². The summed E-state index contributed by atoms with van der Waals surface area (Å²) in [5, 5.41) is 11.9. The molecule has 2 bridgehead atoms. The normalized spacial score (nSPS) is 20.7. The Kier molecular flexibility index (Phi) is 7.67. The average molecular weight is 411 g/mol. The number of anilines is 1. The maximum absolute atomic E-state index is 10.8. The summed E-state index contributed by atoms with van der Waals surface area (Å²) in [6.07, 6.45) is 4.46. The number of aliphatic carboxylic acids is 1. The van der Waals surface area contributed by atoms with Gasteiger partial charge in [-0.1, -0.05) is 36.4 Å². The van der Waals surface area contributed by atoms with E-state index < -0.39 is 11.9 Å². The Bertz CT molecular complexity index is 878. The highest BCUT2D eigenvalue weighted by atomic mass is 32.1. The van der Waals surface area contributed by atoms with Gasteiger partial charge in [-0.25, -0.2) is 0 Å². The van der Waals surface area contributed by atoms with Crippen LogP contribution in [0.5, 0.6) is 0 Å². The summed E-state index contributed by atoms with van der Waals surface area (Å²) in [7, 11) is 0. The molecule has 3 aromatic rings. The van der Waals surface area contributed by atoms with Gasteiger partial charge in [0, 0.05) is 10.4 Å². The fourth-order valence-electron chi connectivity index (χ4n) is 3.78. The van der Waals surface area contributed by atoms with E-state index in [1.807, 2.05) is 60.0 Å². The van der Waals surface area contributed by atoms with Crippen molar-refractivity contribution in [1.82, 2.24) is 4.90 Å². The molecule has 5 heteroatoms. The van der Waals surface area contributed by atoms with Gasteiger partial charge in [0.25, 0.3) is 0 Å². The number of nitrogen functional groups attached to an aromatic ring is 1. The zero-order valence-electron chi connectivity index (χ0n) is 17.0. The van der Waals surface area contributed by atoms with E-state index in [1.54, 1.807) is 18.3 Å². The Labute approximate surface area is 177 Å². The van der Waals surface area contributed by atoms with E-state index in [4.69, 9.17) is 10.8 Å². The lowest BCUT2D eigenvalue weighted by Crippen LogP contribution is -2.41. The summed E-state index contributed by atoms with van der Waals surface area (Å²) in [5.41, 5.74) is 7.09. The first-order chi connectivity index (χ1) is 14.0. The van der Waals surface area contributed by atoms with Crippen LogP contribution >= 0.6 is 11.3 Å². The minimum atomic E-state index is -0.770. The number of hydrogen-bond acceptors (Lipinski definition) is 4. The molecular weight excluding hydrogens is 380 g/mol. The number of carbonyl (C=O) groups is 1. The molecule has 0 radical (unpaired) electrons. The number of hydrogen-bond donors (Lipinski definition) is 2. The van der Waals surface area contributed by atoms with Crippen LogP contribution in [0.1, 0.15) is 37.7 Å². The van der Waals surface area contributed by atoms with Crippen molar-refractivity contribution >= 4 is 33.1 Å². The first-order valence-electron chi connectivity index (χ1n) is 10.3. The molecule has 29 heavy (non-hydrogen) atoms. The average Bonchev–Trinajstić information content (AvgIpc) is 3.20. The quantitative estimate of drug-likeness (QED) is 0.551. The van der Waals surface area contributed by atoms with Crippen LogP contribution in [-0.4, -0.2) is 35.6 Å². The van der Waals surface area contributed by atoms with Gasteiger partial charge < -0.3 is 15.7 Å². The van der Waals surface area contributed by atoms with Crippen molar-refractivity contribution < 1.29 is 9.90 Å². The van der Waals surface area contributed by atoms with E-state index in [1.165, 1.54) is 38.9 Å². The second-order valence-corrected chi connectivity index (χ2v) is 8.64. The van der Waals surface area contributed by atoms with Crippen molar-refractivity contribution in [2.45, 2.75) is 32.1 Å². The van der Waals surface area contributed by atoms with Gasteiger partial charge in [0.05, 0.1) is 5.92 Å². The smallest absolute Gasteiger partial charge is 0.310 e. The lowest BCUT2D eigenvalue weighted by Gasteiger charge is -2.38. The highest BCUT2D eigenvalue weighted by Gasteiger charge is 2.24. The Morgan fingerprint density at radius 3 is 2.07 bits per heavy atom. The maximum Gasteiger partial charge on any atom is 0.310 e. The first-order valence-corrected chi connectivity index (χ1v) is 11.1. The molecule has 1 atom stereocenters. The third-order valence-electron chi connectivity index (χ3n) is 5.71. The third kappa shape index (κ3) is 6.05. The number of nitrogens with zero attached hydrogens (tertiary/aromatic N) is 1. The number of carboxylic acids is 1. The zero-order valence-corrected chi connectivity index (χ0v) is 17.8. The molecule has 1 aromatic heterocycles. The van der Waals surface area contributed by atoms with Crippen molar-refractivity contribution in [3.8, 4) is 0 Å². The minimum absolute atomic E-state index is 0.425. The fraction of sp³-hybridized carbons (Fsp3) is 0.375. The van der Waals surface area contributed by atoms with Crippen molar-refractivity contribution in [2.75, 3.05) is 25.4 Å². The molecule has 3 fully saturated rings. The molecule has 0 aliphatic carbocycles. The van der Waals surface area contributed by atoms with Crippen LogP contribution in [0.3, 0.4) is 0 Å². The van der Waals surface area contributed by atoms with Gasteiger partial charge in [-0.3, -0.25) is 4.79 Å². The second-order valence-electron chi connectivity index (χ2n) is 7.73. The third-order valence-corrected chi connectivity index (χ3v) is 6.69. The molecule has 3 aliphatic heterocycles. The van der Waals surface area contributed by atoms with Crippen molar-refractivity contribution in [3.63, 3.8) is 0 Å². The molecule has 4 nitrogen and oxygen atoms in total. The Morgan fingerprint density at radius 1 is 1.03 bits per heavy atom. The molecule has 4 heterocycles. The van der Waals surface area contributed by atoms with E-state index in [0.717, 1.165) is 27.3 Å². The Hall–Kier alpha value is -2.37. The summed E-state index contributed by atoms with van der Waals surface area (Å²) in [6, 6.07) is 17.4. The molecule has 3 aliphatic rings. The number of benzene rings is 2. The number of carboxylic acid groups (broad SMARTS) is 1. The first kappa shape index (κ1) is 21.3. The lowest BCUT2D eigenvalue weighted by atomic mass is 9.89. The van der Waals surface area contributed by atoms with Crippen molar-refractivity contribution in [1.29, 1.82) is 0 Å². The van der Waals surface area contributed by atoms with Gasteiger partial charge in [0.1, 0.15) is 0 Å². The molecule has 0 amide bonds. The van der Waals surface area contributed by atoms with Crippen LogP contribution in [0, 0.1) is 5.92 Å². The van der Waals surface area contributed by atoms with E-state index >= 15 is 0 Å². The summed E-state index contributed by atoms with van der Waals surface area (Å²) >= 11 is 1.60. The van der Waals surface area contributed by atoms with Gasteiger partial charge in [-0.15, -0.1) is 11.3 Å². The largest absolute Gasteiger partial charge is 0.481 e. The van der Waals surface area contributed by atoms with Gasteiger partial charge in [-0.2, -0.15) is 0 Å². The molecule has 0 spiro atoms. The number of nitrogens with two attached hydrogens (primary N) is 1. The van der Waals surface area contributed by atoms with Gasteiger partial charge >= 0.3 is 5.97 Å². The lowest BCUT2D eigenvalue weighted by molar-refractivity contribution is -0.138. The molecule has 3 N–H and O–H groups in total. The fourth-order valence-corrected chi connectivity index (χ4v) is 4.84. The monoisotopic (exact) mass is 410 g/mol. The van der Waals surface area contributed by atoms with Crippen LogP contribution < -0.4 is 5.73 Å². The highest BCUT2D eigenvalue weighted by Crippen LogP contribution is 2.31. The molecule has 1 unspecified atom stereocenters. The van der Waals surface area contributed by atoms with Gasteiger partial charge in [0.15, 0.2) is 0 Å². The number of para-hydroxylation sites is 1. The zero-order chi connectivity index (χ0) is 20.6. The number of piperidine rings is 3. The van der Waals surface area contributed by atoms with E-state index in [9.17, 15) is 4.79 Å². The number of fused-ring (bicyclic) bond motifs is 4. The van der Waals surface area contributed by atoms with Gasteiger partial charge in [-0.05, 0) is 86.3 Å². The predicted octanol–water partition coefficient (Wildman–Crippen LogP) is 5.46. The molecular formula is C24H30N2O2S. The molecule has 2 aromatic carbocycles. The second kappa shape index (κ2) is 10.4. The van der Waals surface area contributed by atoms with Crippen molar-refractivity contribution in [3.05, 3.63) is 65.5 Å². The van der Waals surface area contributed by atoms with E-state index in [-0.39, 0.29) is 0 Å². The minimum Gasteiger partial charge on any atom is -0.481 e. The maximum atomic E-state index is 10.8. The summed E-state index contributed by atoms with van der Waals surface area (Å²) in [5.74, 6) is -0.0836. The van der Waals surface area contributed by atoms with Crippen LogP contribution in [0.4, 0.5) is 5.69 Å². The van der Waals surface area contributed by atoms with Gasteiger partial charge in [0.2, 0.25) is 0 Å². The van der Waals surface area contributed by atoms with Crippen molar-refractivity contribution in [2.24, 2.45) is 5.92 Å². The Balaban J connectivity index is 0.000000135. The number of thiophene rings is 1. The highest BCUT2D eigenvalue weighted by molar-refractivity contribution is 7.17. The van der Waals surface area contributed by atoms with Crippen LogP contribution in [-0.2, 0) is 4.79 Å². The van der Waals surface area contributed by atoms with E-state index in [0.29, 0.717) is 0 Å². The SMILES string of the molecule is C1CN2CCC1CC2.CC(C(=O)O)c1csc2ccccc12.Nc1ccccc1. The molecule has 154 valence electrons. The summed E-state index contributed by atoms with van der Waals surface area (Å²) < 4.78 is 1.15. The number of rotatable bonds is 2. The Morgan fingerprint density at radius 2 is 1.62 bits per heavy atom. The summed E-state index contributed by atoms with van der Waals surface area (Å²) in [6.45, 7) is 5.90. The standard InChI is InChI=1S/C11H10O2S.C7H13N.C6H7N/c1-7(11(12)13)9-6-14-10-5-3-2-4-8(9)10;1-4-8-5-2-7(1)3-6-8;7-6-4-2-1-3-5-6/h2-7H,1H3,(H,12,13);7H,1-6H2;1-5H,7H2. The summed E-state index contributed by atoms with van der Waals surface area (Å²) in [4.78, 5) is 13.4.